The lowest BCUT2D eigenvalue weighted by Gasteiger charge is -2.45. The number of fused-ring (bicyclic) bond motifs is 4. The van der Waals surface area contributed by atoms with Gasteiger partial charge in [-0.05, 0) is 74.2 Å². The molecule has 194 valence electrons. The van der Waals surface area contributed by atoms with E-state index in [1.165, 1.54) is 6.08 Å². The van der Waals surface area contributed by atoms with E-state index in [-0.39, 0.29) is 35.2 Å². The van der Waals surface area contributed by atoms with Crippen molar-refractivity contribution in [3.8, 4) is 0 Å². The quantitative estimate of drug-likeness (QED) is 0.555. The predicted octanol–water partition coefficient (Wildman–Crippen LogP) is 4.34. The SMILES string of the molecule is C=C1C([C@@H](C)C2CC=C(C)C(=O)O2)=CC[C@]2(C)C1C[C@]1(O)C=C3C=CC(=O)OC(C)(C)C3[C@H](O)CC21. The molecule has 3 aliphatic carbocycles. The van der Waals surface area contributed by atoms with Gasteiger partial charge in [-0.25, -0.2) is 9.59 Å². The minimum Gasteiger partial charge on any atom is -0.458 e. The van der Waals surface area contributed by atoms with Crippen LogP contribution in [0.25, 0.3) is 0 Å². The van der Waals surface area contributed by atoms with Gasteiger partial charge in [0.25, 0.3) is 0 Å². The van der Waals surface area contributed by atoms with E-state index < -0.39 is 29.2 Å². The average Bonchev–Trinajstić information content (AvgIpc) is 2.86. The molecule has 5 aliphatic rings. The molecule has 0 radical (unpaired) electrons. The molecule has 0 spiro atoms. The van der Waals surface area contributed by atoms with Crippen molar-refractivity contribution in [2.45, 2.75) is 83.7 Å². The molecule has 0 aromatic rings. The normalized spacial score (nSPS) is 42.4. The summed E-state index contributed by atoms with van der Waals surface area (Å²) < 4.78 is 11.4. The number of allylic oxidation sites excluding steroid dienone is 3. The summed E-state index contributed by atoms with van der Waals surface area (Å²) in [5.74, 6) is -1.30. The number of cyclic esters (lactones) is 2. The lowest BCUT2D eigenvalue weighted by molar-refractivity contribution is -0.157. The summed E-state index contributed by atoms with van der Waals surface area (Å²) in [6.07, 6.45) is 10.4. The zero-order valence-electron chi connectivity index (χ0n) is 21.9. The average molecular weight is 495 g/mol. The molecule has 1 saturated carbocycles. The maximum atomic E-state index is 12.2. The third kappa shape index (κ3) is 3.76. The Balaban J connectivity index is 1.48. The van der Waals surface area contributed by atoms with Crippen LogP contribution in [-0.4, -0.2) is 45.6 Å². The number of ether oxygens (including phenoxy) is 2. The third-order valence-electron chi connectivity index (χ3n) is 9.73. The van der Waals surface area contributed by atoms with Gasteiger partial charge in [-0.1, -0.05) is 38.7 Å². The Morgan fingerprint density at radius 2 is 1.89 bits per heavy atom. The highest BCUT2D eigenvalue weighted by molar-refractivity contribution is 5.88. The van der Waals surface area contributed by atoms with E-state index in [2.05, 4.69) is 26.5 Å². The zero-order chi connectivity index (χ0) is 26.2. The van der Waals surface area contributed by atoms with Crippen molar-refractivity contribution >= 4 is 11.9 Å². The summed E-state index contributed by atoms with van der Waals surface area (Å²) >= 11 is 0. The van der Waals surface area contributed by atoms with Crippen molar-refractivity contribution < 1.29 is 29.3 Å². The van der Waals surface area contributed by atoms with Crippen molar-refractivity contribution in [1.82, 2.24) is 0 Å². The molecule has 8 atom stereocenters. The monoisotopic (exact) mass is 494 g/mol. The molecule has 2 heterocycles. The van der Waals surface area contributed by atoms with Gasteiger partial charge in [0.1, 0.15) is 11.7 Å². The summed E-state index contributed by atoms with van der Waals surface area (Å²) in [7, 11) is 0. The minimum atomic E-state index is -1.15. The molecular weight excluding hydrogens is 456 g/mol. The Morgan fingerprint density at radius 1 is 1.17 bits per heavy atom. The smallest absolute Gasteiger partial charge is 0.333 e. The molecular formula is C30H38O6. The highest BCUT2D eigenvalue weighted by Gasteiger charge is 2.62. The molecule has 0 amide bonds. The predicted molar refractivity (Wildman–Crippen MR) is 135 cm³/mol. The molecule has 36 heavy (non-hydrogen) atoms. The van der Waals surface area contributed by atoms with Crippen LogP contribution in [0, 0.1) is 29.1 Å². The maximum absolute atomic E-state index is 12.2. The molecule has 0 aromatic heterocycles. The first-order valence-corrected chi connectivity index (χ1v) is 13.1. The molecule has 5 rings (SSSR count). The first kappa shape index (κ1) is 25.2. The molecule has 0 aromatic carbocycles. The zero-order valence-corrected chi connectivity index (χ0v) is 21.9. The summed E-state index contributed by atoms with van der Waals surface area (Å²) in [6, 6.07) is 0. The number of carbonyl (C=O) groups is 2. The topological polar surface area (TPSA) is 93.1 Å². The number of hydrogen-bond acceptors (Lipinski definition) is 6. The molecule has 0 bridgehead atoms. The van der Waals surface area contributed by atoms with Crippen LogP contribution in [0.2, 0.25) is 0 Å². The number of aliphatic hydroxyl groups excluding tert-OH is 1. The van der Waals surface area contributed by atoms with Crippen LogP contribution < -0.4 is 0 Å². The lowest BCUT2D eigenvalue weighted by Crippen LogP contribution is -2.45. The fraction of sp³-hybridized carbons (Fsp3) is 0.600. The Kier molecular flexibility index (Phi) is 5.80. The van der Waals surface area contributed by atoms with Gasteiger partial charge in [0, 0.05) is 35.8 Å². The van der Waals surface area contributed by atoms with Crippen molar-refractivity contribution in [2.24, 2.45) is 29.1 Å². The van der Waals surface area contributed by atoms with Crippen molar-refractivity contribution in [2.75, 3.05) is 0 Å². The largest absolute Gasteiger partial charge is 0.458 e. The molecule has 2 N–H and O–H groups in total. The van der Waals surface area contributed by atoms with Gasteiger partial charge in [-0.2, -0.15) is 0 Å². The van der Waals surface area contributed by atoms with E-state index in [0.717, 1.165) is 23.1 Å². The molecule has 6 nitrogen and oxygen atoms in total. The maximum Gasteiger partial charge on any atom is 0.333 e. The second kappa shape index (κ2) is 8.29. The van der Waals surface area contributed by atoms with Crippen LogP contribution in [-0.2, 0) is 19.1 Å². The van der Waals surface area contributed by atoms with Gasteiger partial charge in [0.15, 0.2) is 0 Å². The molecule has 4 unspecified atom stereocenters. The molecule has 1 fully saturated rings. The van der Waals surface area contributed by atoms with E-state index in [9.17, 15) is 19.8 Å². The standard InChI is InChI=1S/C30H38O6/c1-16-7-9-23(35-27(16)33)18(3)20-11-12-29(6)21(17(20)2)15-30(34)14-19-8-10-25(32)36-28(4,5)26(19)22(31)13-24(29)30/h7-8,10-11,14,18,21-24,26,31,34H,2,9,12-13,15H2,1,3-6H3/t18-,21?,22-,23?,24?,26?,29-,30-/m1/s1. The van der Waals surface area contributed by atoms with Crippen molar-refractivity contribution in [3.05, 3.63) is 59.3 Å². The summed E-state index contributed by atoms with van der Waals surface area (Å²) in [6.45, 7) is 14.2. The van der Waals surface area contributed by atoms with Gasteiger partial charge >= 0.3 is 11.9 Å². The Labute approximate surface area is 213 Å². The highest BCUT2D eigenvalue weighted by Crippen LogP contribution is 2.64. The van der Waals surface area contributed by atoms with Gasteiger partial charge in [-0.15, -0.1) is 0 Å². The molecule has 6 heteroatoms. The fourth-order valence-electron chi connectivity index (χ4n) is 7.77. The fourth-order valence-corrected chi connectivity index (χ4v) is 7.77. The van der Waals surface area contributed by atoms with E-state index in [1.807, 2.05) is 26.0 Å². The van der Waals surface area contributed by atoms with E-state index >= 15 is 0 Å². The summed E-state index contributed by atoms with van der Waals surface area (Å²) in [4.78, 5) is 24.3. The van der Waals surface area contributed by atoms with Crippen molar-refractivity contribution in [1.29, 1.82) is 0 Å². The Morgan fingerprint density at radius 3 is 2.58 bits per heavy atom. The van der Waals surface area contributed by atoms with E-state index in [4.69, 9.17) is 9.47 Å². The van der Waals surface area contributed by atoms with Gasteiger partial charge in [0.2, 0.25) is 0 Å². The van der Waals surface area contributed by atoms with E-state index in [0.29, 0.717) is 24.8 Å². The number of aliphatic hydroxyl groups is 2. The van der Waals surface area contributed by atoms with Gasteiger partial charge in [0.05, 0.1) is 11.7 Å². The second-order valence-electron chi connectivity index (χ2n) is 12.3. The molecule has 2 aliphatic heterocycles. The minimum absolute atomic E-state index is 0.00234. The summed E-state index contributed by atoms with van der Waals surface area (Å²) in [5, 5.41) is 23.6. The van der Waals surface area contributed by atoms with Crippen LogP contribution in [0.1, 0.15) is 60.3 Å². The number of carbonyl (C=O) groups excluding carboxylic acids is 2. The Hall–Kier alpha value is -2.44. The second-order valence-corrected chi connectivity index (χ2v) is 12.3. The van der Waals surface area contributed by atoms with Crippen LogP contribution >= 0.6 is 0 Å². The number of rotatable bonds is 2. The summed E-state index contributed by atoms with van der Waals surface area (Å²) in [5.41, 5.74) is 1.14. The van der Waals surface area contributed by atoms with Crippen molar-refractivity contribution in [3.63, 3.8) is 0 Å². The van der Waals surface area contributed by atoms with Gasteiger partial charge < -0.3 is 19.7 Å². The van der Waals surface area contributed by atoms with Crippen LogP contribution in [0.15, 0.2) is 59.3 Å². The first-order valence-electron chi connectivity index (χ1n) is 13.1. The first-order chi connectivity index (χ1) is 16.8. The van der Waals surface area contributed by atoms with Crippen LogP contribution in [0.3, 0.4) is 0 Å². The van der Waals surface area contributed by atoms with Crippen LogP contribution in [0.5, 0.6) is 0 Å². The lowest BCUT2D eigenvalue weighted by atomic mass is 9.61. The Bertz CT molecular complexity index is 1140. The highest BCUT2D eigenvalue weighted by atomic mass is 16.6. The number of hydrogen-bond donors (Lipinski definition) is 2. The number of esters is 2. The van der Waals surface area contributed by atoms with Gasteiger partial charge in [-0.3, -0.25) is 0 Å². The van der Waals surface area contributed by atoms with Crippen LogP contribution in [0.4, 0.5) is 0 Å². The third-order valence-corrected chi connectivity index (χ3v) is 9.73. The molecule has 0 saturated heterocycles. The van der Waals surface area contributed by atoms with E-state index in [1.54, 1.807) is 13.0 Å².